The maximum Gasteiger partial charge on any atom is 0.139 e. The monoisotopic (exact) mass is 136 g/mol. The molecule has 0 aliphatic rings. The van der Waals surface area contributed by atoms with Gasteiger partial charge in [-0.25, -0.2) is 0 Å². The first-order chi connectivity index (χ1) is 4.63. The van der Waals surface area contributed by atoms with E-state index in [0.717, 1.165) is 6.42 Å². The second kappa shape index (κ2) is 4.37. The average molecular weight is 136 g/mol. The van der Waals surface area contributed by atoms with E-state index in [1.165, 1.54) is 16.6 Å². The minimum atomic E-state index is 1.16. The van der Waals surface area contributed by atoms with Crippen LogP contribution in [-0.4, -0.2) is 7.85 Å². The van der Waals surface area contributed by atoms with Gasteiger partial charge in [0.05, 0.1) is 0 Å². The Morgan fingerprint density at radius 1 is 1.40 bits per heavy atom. The van der Waals surface area contributed by atoms with Crippen molar-refractivity contribution in [2.24, 2.45) is 0 Å². The number of hydrogen-bond acceptors (Lipinski definition) is 0. The minimum Gasteiger partial charge on any atom is -0.0875 e. The highest BCUT2D eigenvalue weighted by molar-refractivity contribution is 6.24. The van der Waals surface area contributed by atoms with Crippen LogP contribution in [0.3, 0.4) is 0 Å². The Balaban J connectivity index is 4.46. The molecular formula is C9H17B. The van der Waals surface area contributed by atoms with Gasteiger partial charge in [-0.05, 0) is 27.2 Å². The van der Waals surface area contributed by atoms with E-state index in [4.69, 9.17) is 0 Å². The summed E-state index contributed by atoms with van der Waals surface area (Å²) in [7, 11) is 2.19. The fourth-order valence-corrected chi connectivity index (χ4v) is 0.818. The van der Waals surface area contributed by atoms with Crippen molar-refractivity contribution < 1.29 is 0 Å². The zero-order chi connectivity index (χ0) is 8.15. The van der Waals surface area contributed by atoms with Crippen LogP contribution in [0.1, 0.15) is 34.1 Å². The number of hydrogen-bond donors (Lipinski definition) is 0. The maximum atomic E-state index is 2.20. The summed E-state index contributed by atoms with van der Waals surface area (Å²) in [4.78, 5) is 0. The highest BCUT2D eigenvalue weighted by Crippen LogP contribution is 2.12. The maximum absolute atomic E-state index is 2.20. The lowest BCUT2D eigenvalue weighted by molar-refractivity contribution is 1.08. The molecule has 10 heavy (non-hydrogen) atoms. The van der Waals surface area contributed by atoms with Crippen molar-refractivity contribution in [3.8, 4) is 0 Å². The van der Waals surface area contributed by atoms with E-state index in [2.05, 4.69) is 41.6 Å². The van der Waals surface area contributed by atoms with Crippen LogP contribution in [0.2, 0.25) is 0 Å². The van der Waals surface area contributed by atoms with Crippen LogP contribution in [0.25, 0.3) is 0 Å². The van der Waals surface area contributed by atoms with Crippen molar-refractivity contribution in [1.82, 2.24) is 0 Å². The van der Waals surface area contributed by atoms with Gasteiger partial charge in [-0.15, -0.1) is 0 Å². The quantitative estimate of drug-likeness (QED) is 0.403. The normalized spacial score (nSPS) is 15.0. The van der Waals surface area contributed by atoms with Crippen LogP contribution in [0, 0.1) is 0 Å². The predicted octanol–water partition coefficient (Wildman–Crippen LogP) is 2.27. The Morgan fingerprint density at radius 2 is 1.90 bits per heavy atom. The van der Waals surface area contributed by atoms with Crippen molar-refractivity contribution in [3.05, 3.63) is 22.7 Å². The zero-order valence-corrected chi connectivity index (χ0v) is 7.78. The van der Waals surface area contributed by atoms with Crippen LogP contribution >= 0.6 is 0 Å². The van der Waals surface area contributed by atoms with Crippen LogP contribution < -0.4 is 0 Å². The van der Waals surface area contributed by atoms with Crippen molar-refractivity contribution >= 4 is 7.85 Å². The molecule has 0 aliphatic heterocycles. The third kappa shape index (κ3) is 2.42. The van der Waals surface area contributed by atoms with Gasteiger partial charge < -0.3 is 0 Å². The molecule has 0 aromatic rings. The molecule has 0 heterocycles. The van der Waals surface area contributed by atoms with E-state index in [9.17, 15) is 0 Å². The number of rotatable bonds is 2. The third-order valence-corrected chi connectivity index (χ3v) is 2.20. The highest BCUT2D eigenvalue weighted by Gasteiger charge is 1.94. The molecule has 0 atom stereocenters. The van der Waals surface area contributed by atoms with Gasteiger partial charge in [-0.1, -0.05) is 29.6 Å². The van der Waals surface area contributed by atoms with Gasteiger partial charge >= 0.3 is 0 Å². The minimum absolute atomic E-state index is 1.16. The highest BCUT2D eigenvalue weighted by atomic mass is 14.0. The first-order valence-electron chi connectivity index (χ1n) is 3.93. The standard InChI is InChI=1S/C9H17B/c1-5-7(3)9(10)8(4)6-2/h5H,6,10H2,1-4H3/b7-5-,9-8+. The molecule has 0 bridgehead atoms. The smallest absolute Gasteiger partial charge is 0.0875 e. The van der Waals surface area contributed by atoms with Crippen molar-refractivity contribution in [2.75, 3.05) is 0 Å². The molecule has 0 aliphatic carbocycles. The van der Waals surface area contributed by atoms with E-state index in [1.807, 2.05) is 0 Å². The Hall–Kier alpha value is -0.455. The molecule has 0 aromatic heterocycles. The molecule has 0 saturated carbocycles. The third-order valence-electron chi connectivity index (χ3n) is 2.20. The summed E-state index contributed by atoms with van der Waals surface area (Å²) in [6.45, 7) is 8.64. The second-order valence-corrected chi connectivity index (χ2v) is 2.73. The largest absolute Gasteiger partial charge is 0.139 e. The molecule has 0 N–H and O–H groups in total. The van der Waals surface area contributed by atoms with Crippen LogP contribution in [0.5, 0.6) is 0 Å². The van der Waals surface area contributed by atoms with E-state index in [-0.39, 0.29) is 0 Å². The molecule has 56 valence electrons. The summed E-state index contributed by atoms with van der Waals surface area (Å²) in [5.41, 5.74) is 4.35. The van der Waals surface area contributed by atoms with Crippen LogP contribution in [0.4, 0.5) is 0 Å². The number of allylic oxidation sites excluding steroid dienone is 4. The summed E-state index contributed by atoms with van der Waals surface area (Å²) in [5, 5.41) is 0. The lowest BCUT2D eigenvalue weighted by Gasteiger charge is -2.04. The Labute approximate surface area is 65.4 Å². The zero-order valence-electron chi connectivity index (χ0n) is 7.78. The van der Waals surface area contributed by atoms with E-state index in [0.29, 0.717) is 0 Å². The van der Waals surface area contributed by atoms with Gasteiger partial charge in [0.15, 0.2) is 0 Å². The predicted molar refractivity (Wildman–Crippen MR) is 51.0 cm³/mol. The summed E-state index contributed by atoms with van der Waals surface area (Å²) >= 11 is 0. The van der Waals surface area contributed by atoms with Crippen LogP contribution in [0.15, 0.2) is 22.7 Å². The molecule has 0 aromatic carbocycles. The van der Waals surface area contributed by atoms with Gasteiger partial charge in [0.2, 0.25) is 0 Å². The summed E-state index contributed by atoms with van der Waals surface area (Å²) in [6.07, 6.45) is 3.32. The Bertz CT molecular complexity index is 164. The van der Waals surface area contributed by atoms with E-state index < -0.39 is 0 Å². The Kier molecular flexibility index (Phi) is 4.18. The average Bonchev–Trinajstić information content (AvgIpc) is 2.00. The molecule has 0 saturated heterocycles. The molecule has 0 nitrogen and oxygen atoms in total. The summed E-state index contributed by atoms with van der Waals surface area (Å²) in [5.74, 6) is 0. The second-order valence-electron chi connectivity index (χ2n) is 2.73. The van der Waals surface area contributed by atoms with E-state index >= 15 is 0 Å². The first kappa shape index (κ1) is 9.54. The SMILES string of the molecule is BC(/C(C)=C\C)=C(\C)CC. The topological polar surface area (TPSA) is 0 Å². The molecule has 0 spiro atoms. The lowest BCUT2D eigenvalue weighted by Crippen LogP contribution is -1.88. The fourth-order valence-electron chi connectivity index (χ4n) is 0.818. The van der Waals surface area contributed by atoms with Crippen LogP contribution in [-0.2, 0) is 0 Å². The molecule has 0 amide bonds. The van der Waals surface area contributed by atoms with Crippen molar-refractivity contribution in [1.29, 1.82) is 0 Å². The van der Waals surface area contributed by atoms with Gasteiger partial charge in [0, 0.05) is 0 Å². The summed E-state index contributed by atoms with van der Waals surface area (Å²) in [6, 6.07) is 0. The molecular weight excluding hydrogens is 119 g/mol. The molecule has 0 unspecified atom stereocenters. The summed E-state index contributed by atoms with van der Waals surface area (Å²) < 4.78 is 0. The molecule has 1 heteroatoms. The van der Waals surface area contributed by atoms with E-state index in [1.54, 1.807) is 0 Å². The van der Waals surface area contributed by atoms with Gasteiger partial charge in [0.25, 0.3) is 0 Å². The lowest BCUT2D eigenvalue weighted by atomic mass is 9.84. The van der Waals surface area contributed by atoms with Gasteiger partial charge in [0.1, 0.15) is 7.85 Å². The molecule has 0 radical (unpaired) electrons. The van der Waals surface area contributed by atoms with Crippen molar-refractivity contribution in [2.45, 2.75) is 34.1 Å². The fraction of sp³-hybridized carbons (Fsp3) is 0.556. The first-order valence-corrected chi connectivity index (χ1v) is 3.93. The van der Waals surface area contributed by atoms with Gasteiger partial charge in [-0.3, -0.25) is 0 Å². The Morgan fingerprint density at radius 3 is 2.20 bits per heavy atom. The molecule has 0 fully saturated rings. The van der Waals surface area contributed by atoms with Gasteiger partial charge in [-0.2, -0.15) is 0 Å². The van der Waals surface area contributed by atoms with Crippen molar-refractivity contribution in [3.63, 3.8) is 0 Å². The molecule has 0 rings (SSSR count).